The van der Waals surface area contributed by atoms with E-state index in [-0.39, 0.29) is 5.91 Å². The highest BCUT2D eigenvalue weighted by Crippen LogP contribution is 2.15. The Kier molecular flexibility index (Phi) is 4.79. The fourth-order valence-corrected chi connectivity index (χ4v) is 2.62. The van der Waals surface area contributed by atoms with E-state index in [2.05, 4.69) is 29.5 Å². The molecule has 1 aromatic heterocycles. The van der Waals surface area contributed by atoms with Gasteiger partial charge in [0.25, 0.3) is 0 Å². The van der Waals surface area contributed by atoms with Gasteiger partial charge in [-0.25, -0.2) is 0 Å². The molecule has 0 aliphatic carbocycles. The van der Waals surface area contributed by atoms with Gasteiger partial charge in [-0.1, -0.05) is 23.8 Å². The van der Waals surface area contributed by atoms with Crippen LogP contribution in [0.25, 0.3) is 10.9 Å². The van der Waals surface area contributed by atoms with Gasteiger partial charge in [0.2, 0.25) is 5.91 Å². The van der Waals surface area contributed by atoms with Crippen LogP contribution in [0.3, 0.4) is 0 Å². The van der Waals surface area contributed by atoms with E-state index in [9.17, 15) is 4.79 Å². The zero-order chi connectivity index (χ0) is 16.9. The second-order valence-electron chi connectivity index (χ2n) is 5.80. The summed E-state index contributed by atoms with van der Waals surface area (Å²) in [5.74, 6) is 0.826. The largest absolute Gasteiger partial charge is 0.497 e. The maximum atomic E-state index is 12.0. The van der Waals surface area contributed by atoms with Crippen LogP contribution < -0.4 is 10.1 Å². The smallest absolute Gasteiger partial charge is 0.222 e. The number of ether oxygens (including phenoxy) is 1. The first kappa shape index (κ1) is 16.1. The average molecular weight is 323 g/mol. The lowest BCUT2D eigenvalue weighted by atomic mass is 10.2. The predicted octanol–water partition coefficient (Wildman–Crippen LogP) is 3.06. The van der Waals surface area contributed by atoms with Gasteiger partial charge in [0.15, 0.2) is 0 Å². The Morgan fingerprint density at radius 3 is 2.75 bits per heavy atom. The Balaban J connectivity index is 1.53. The quantitative estimate of drug-likeness (QED) is 0.758. The third kappa shape index (κ3) is 3.74. The van der Waals surface area contributed by atoms with Gasteiger partial charge in [0.05, 0.1) is 25.4 Å². The fourth-order valence-electron chi connectivity index (χ4n) is 2.62. The highest BCUT2D eigenvalue weighted by atomic mass is 16.5. The van der Waals surface area contributed by atoms with Crippen LogP contribution in [-0.4, -0.2) is 22.8 Å². The molecule has 0 bridgehead atoms. The van der Waals surface area contributed by atoms with Gasteiger partial charge in [-0.05, 0) is 36.8 Å². The molecule has 5 heteroatoms. The lowest BCUT2D eigenvalue weighted by Gasteiger charge is -2.07. The molecule has 0 radical (unpaired) electrons. The normalized spacial score (nSPS) is 10.8. The second kappa shape index (κ2) is 7.17. The number of nitrogens with zero attached hydrogens (tertiary/aromatic N) is 2. The van der Waals surface area contributed by atoms with Crippen molar-refractivity contribution < 1.29 is 9.53 Å². The van der Waals surface area contributed by atoms with Crippen molar-refractivity contribution in [2.75, 3.05) is 7.11 Å². The number of benzene rings is 2. The van der Waals surface area contributed by atoms with E-state index in [0.717, 1.165) is 22.2 Å². The number of fused-ring (bicyclic) bond motifs is 1. The van der Waals surface area contributed by atoms with Crippen molar-refractivity contribution in [3.63, 3.8) is 0 Å². The van der Waals surface area contributed by atoms with Crippen LogP contribution in [0, 0.1) is 6.92 Å². The summed E-state index contributed by atoms with van der Waals surface area (Å²) in [6.07, 6.45) is 2.25. The molecule has 3 aromatic rings. The summed E-state index contributed by atoms with van der Waals surface area (Å²) >= 11 is 0. The van der Waals surface area contributed by atoms with Crippen molar-refractivity contribution in [2.45, 2.75) is 26.4 Å². The van der Waals surface area contributed by atoms with Crippen LogP contribution in [0.2, 0.25) is 0 Å². The predicted molar refractivity (Wildman–Crippen MR) is 93.9 cm³/mol. The first-order valence-electron chi connectivity index (χ1n) is 7.97. The topological polar surface area (TPSA) is 56.1 Å². The van der Waals surface area contributed by atoms with Gasteiger partial charge >= 0.3 is 0 Å². The van der Waals surface area contributed by atoms with Crippen LogP contribution in [-0.2, 0) is 17.9 Å². The molecule has 1 heterocycles. The van der Waals surface area contributed by atoms with Gasteiger partial charge < -0.3 is 10.1 Å². The summed E-state index contributed by atoms with van der Waals surface area (Å²) in [6, 6.07) is 13.9. The molecule has 0 aliphatic heterocycles. The molecule has 3 rings (SSSR count). The molecule has 0 saturated heterocycles. The molecule has 2 aromatic carbocycles. The summed E-state index contributed by atoms with van der Waals surface area (Å²) < 4.78 is 7.00. The zero-order valence-corrected chi connectivity index (χ0v) is 14.0. The Labute approximate surface area is 141 Å². The third-order valence-electron chi connectivity index (χ3n) is 4.00. The number of aryl methyl sites for hydroxylation is 2. The van der Waals surface area contributed by atoms with Gasteiger partial charge in [-0.15, -0.1) is 0 Å². The zero-order valence-electron chi connectivity index (χ0n) is 14.0. The number of carbonyl (C=O) groups is 1. The number of rotatable bonds is 6. The number of hydrogen-bond donors (Lipinski definition) is 1. The highest BCUT2D eigenvalue weighted by molar-refractivity contribution is 5.80. The maximum Gasteiger partial charge on any atom is 0.222 e. The molecule has 124 valence electrons. The summed E-state index contributed by atoms with van der Waals surface area (Å²) in [5, 5.41) is 8.41. The SMILES string of the molecule is COc1ccc(CNC(=O)CCn2ncc3cc(C)ccc32)cc1. The number of carbonyl (C=O) groups excluding carboxylic acids is 1. The van der Waals surface area contributed by atoms with E-state index in [4.69, 9.17) is 4.74 Å². The monoisotopic (exact) mass is 323 g/mol. The summed E-state index contributed by atoms with van der Waals surface area (Å²) in [7, 11) is 1.64. The van der Waals surface area contributed by atoms with E-state index >= 15 is 0 Å². The lowest BCUT2D eigenvalue weighted by Crippen LogP contribution is -2.24. The van der Waals surface area contributed by atoms with E-state index in [1.165, 1.54) is 5.56 Å². The van der Waals surface area contributed by atoms with Crippen molar-refractivity contribution in [1.82, 2.24) is 15.1 Å². The molecule has 0 fully saturated rings. The first-order valence-corrected chi connectivity index (χ1v) is 7.97. The molecule has 1 N–H and O–H groups in total. The number of nitrogens with one attached hydrogen (secondary N) is 1. The summed E-state index contributed by atoms with van der Waals surface area (Å²) in [4.78, 5) is 12.0. The fraction of sp³-hybridized carbons (Fsp3) is 0.263. The maximum absolute atomic E-state index is 12.0. The van der Waals surface area contributed by atoms with Gasteiger partial charge in [0.1, 0.15) is 5.75 Å². The minimum absolute atomic E-state index is 0.0154. The third-order valence-corrected chi connectivity index (χ3v) is 4.00. The molecule has 24 heavy (non-hydrogen) atoms. The average Bonchev–Trinajstić information content (AvgIpc) is 3.00. The number of hydrogen-bond acceptors (Lipinski definition) is 3. The van der Waals surface area contributed by atoms with E-state index in [1.807, 2.05) is 41.2 Å². The molecule has 0 atom stereocenters. The molecule has 5 nitrogen and oxygen atoms in total. The molecule has 1 amide bonds. The van der Waals surface area contributed by atoms with E-state index in [1.54, 1.807) is 7.11 Å². The van der Waals surface area contributed by atoms with Crippen molar-refractivity contribution in [1.29, 1.82) is 0 Å². The van der Waals surface area contributed by atoms with Crippen molar-refractivity contribution in [3.05, 3.63) is 59.8 Å². The molecule has 0 spiro atoms. The van der Waals surface area contributed by atoms with Crippen molar-refractivity contribution in [2.24, 2.45) is 0 Å². The molecular weight excluding hydrogens is 302 g/mol. The van der Waals surface area contributed by atoms with Crippen LogP contribution in [0.5, 0.6) is 5.75 Å². The summed E-state index contributed by atoms with van der Waals surface area (Å²) in [5.41, 5.74) is 3.31. The minimum Gasteiger partial charge on any atom is -0.497 e. The highest BCUT2D eigenvalue weighted by Gasteiger charge is 2.06. The van der Waals surface area contributed by atoms with Crippen LogP contribution in [0.4, 0.5) is 0 Å². The van der Waals surface area contributed by atoms with Crippen LogP contribution in [0.15, 0.2) is 48.7 Å². The standard InChI is InChI=1S/C19H21N3O2/c1-14-3-8-18-16(11-14)13-21-22(18)10-9-19(23)20-12-15-4-6-17(24-2)7-5-15/h3-8,11,13H,9-10,12H2,1-2H3,(H,20,23). The van der Waals surface area contributed by atoms with Crippen LogP contribution >= 0.6 is 0 Å². The van der Waals surface area contributed by atoms with Crippen LogP contribution in [0.1, 0.15) is 17.5 Å². The summed E-state index contributed by atoms with van der Waals surface area (Å²) in [6.45, 7) is 3.15. The number of methoxy groups -OCH3 is 1. The molecule has 0 saturated carbocycles. The number of amides is 1. The van der Waals surface area contributed by atoms with Gasteiger partial charge in [0, 0.05) is 18.4 Å². The molecular formula is C19H21N3O2. The molecule has 0 unspecified atom stereocenters. The minimum atomic E-state index is 0.0154. The Morgan fingerprint density at radius 1 is 1.21 bits per heavy atom. The Bertz CT molecular complexity index is 837. The number of aromatic nitrogens is 2. The van der Waals surface area contributed by atoms with E-state index in [0.29, 0.717) is 19.5 Å². The Hall–Kier alpha value is -2.82. The van der Waals surface area contributed by atoms with Gasteiger partial charge in [-0.3, -0.25) is 9.48 Å². The van der Waals surface area contributed by atoms with Crippen molar-refractivity contribution >= 4 is 16.8 Å². The van der Waals surface area contributed by atoms with Gasteiger partial charge in [-0.2, -0.15) is 5.10 Å². The lowest BCUT2D eigenvalue weighted by molar-refractivity contribution is -0.121. The first-order chi connectivity index (χ1) is 11.7. The van der Waals surface area contributed by atoms with Crippen molar-refractivity contribution in [3.8, 4) is 5.75 Å². The van der Waals surface area contributed by atoms with E-state index < -0.39 is 0 Å². The molecule has 0 aliphatic rings. The second-order valence-corrected chi connectivity index (χ2v) is 5.80. The Morgan fingerprint density at radius 2 is 2.00 bits per heavy atom.